The van der Waals surface area contributed by atoms with Gasteiger partial charge < -0.3 is 15.5 Å². The van der Waals surface area contributed by atoms with Crippen LogP contribution >= 0.6 is 0 Å². The van der Waals surface area contributed by atoms with E-state index in [1.165, 1.54) is 0 Å². The monoisotopic (exact) mass is 351 g/mol. The van der Waals surface area contributed by atoms with E-state index in [1.54, 1.807) is 11.9 Å². The Labute approximate surface area is 154 Å². The fourth-order valence-electron chi connectivity index (χ4n) is 3.28. The molecular formula is C21H25N3O2. The summed E-state index contributed by atoms with van der Waals surface area (Å²) in [5.74, 6) is 0.0323. The molecule has 0 aliphatic carbocycles. The molecule has 2 N–H and O–H groups in total. The predicted molar refractivity (Wildman–Crippen MR) is 103 cm³/mol. The van der Waals surface area contributed by atoms with Crippen LogP contribution in [0.3, 0.4) is 0 Å². The van der Waals surface area contributed by atoms with Crippen LogP contribution in [0.1, 0.15) is 28.8 Å². The van der Waals surface area contributed by atoms with Crippen LogP contribution in [0.15, 0.2) is 48.5 Å². The molecule has 136 valence electrons. The number of carbonyl (C=O) groups is 2. The lowest BCUT2D eigenvalue weighted by molar-refractivity contribution is -0.128. The molecule has 1 fully saturated rings. The zero-order chi connectivity index (χ0) is 18.5. The minimum Gasteiger partial charge on any atom is -0.340 e. The highest BCUT2D eigenvalue weighted by Gasteiger charge is 2.19. The van der Waals surface area contributed by atoms with Crippen molar-refractivity contribution >= 4 is 11.8 Å². The maximum absolute atomic E-state index is 12.4. The standard InChI is InChI=1S/C21H25N3O2/c1-23(20(25)14-22)15-16-5-4-6-19(13-16)17-7-9-18(10-8-17)21(26)24-11-2-3-12-24/h4-10,13H,2-3,11-12,14-15,22H2,1H3. The van der Waals surface area contributed by atoms with E-state index in [0.717, 1.165) is 48.2 Å². The number of rotatable bonds is 5. The first-order chi connectivity index (χ1) is 12.6. The zero-order valence-electron chi connectivity index (χ0n) is 15.1. The molecule has 1 aliphatic heterocycles. The van der Waals surface area contributed by atoms with Gasteiger partial charge in [0.15, 0.2) is 0 Å². The predicted octanol–water partition coefficient (Wildman–Crippen LogP) is 2.51. The largest absolute Gasteiger partial charge is 0.340 e. The Kier molecular flexibility index (Phi) is 5.68. The van der Waals surface area contributed by atoms with E-state index < -0.39 is 0 Å². The first-order valence-electron chi connectivity index (χ1n) is 9.01. The summed E-state index contributed by atoms with van der Waals surface area (Å²) in [4.78, 5) is 27.6. The number of likely N-dealkylation sites (N-methyl/N-ethyl adjacent to an activating group) is 1. The van der Waals surface area contributed by atoms with E-state index >= 15 is 0 Å². The second kappa shape index (κ2) is 8.15. The molecule has 3 rings (SSSR count). The van der Waals surface area contributed by atoms with E-state index in [9.17, 15) is 9.59 Å². The van der Waals surface area contributed by atoms with Crippen molar-refractivity contribution in [3.8, 4) is 11.1 Å². The summed E-state index contributed by atoms with van der Waals surface area (Å²) in [7, 11) is 1.75. The average molecular weight is 351 g/mol. The Balaban J connectivity index is 1.73. The van der Waals surface area contributed by atoms with Crippen LogP contribution < -0.4 is 5.73 Å². The summed E-state index contributed by atoms with van der Waals surface area (Å²) in [5, 5.41) is 0. The normalized spacial score (nSPS) is 13.7. The number of amides is 2. The van der Waals surface area contributed by atoms with Crippen LogP contribution in [-0.2, 0) is 11.3 Å². The number of likely N-dealkylation sites (tertiary alicyclic amines) is 1. The Bertz CT molecular complexity index is 780. The molecule has 0 saturated carbocycles. The summed E-state index contributed by atoms with van der Waals surface area (Å²) >= 11 is 0. The van der Waals surface area contributed by atoms with Gasteiger partial charge in [0.1, 0.15) is 0 Å². The third kappa shape index (κ3) is 4.11. The third-order valence-electron chi connectivity index (χ3n) is 4.81. The number of nitrogens with zero attached hydrogens (tertiary/aromatic N) is 2. The quantitative estimate of drug-likeness (QED) is 0.900. The van der Waals surface area contributed by atoms with Crippen molar-refractivity contribution in [2.24, 2.45) is 5.73 Å². The molecule has 1 heterocycles. The van der Waals surface area contributed by atoms with Crippen molar-refractivity contribution < 1.29 is 9.59 Å². The van der Waals surface area contributed by atoms with Crippen molar-refractivity contribution in [2.75, 3.05) is 26.7 Å². The average Bonchev–Trinajstić information content (AvgIpc) is 3.22. The first-order valence-corrected chi connectivity index (χ1v) is 9.01. The van der Waals surface area contributed by atoms with Gasteiger partial charge >= 0.3 is 0 Å². The molecule has 2 aromatic carbocycles. The van der Waals surface area contributed by atoms with Gasteiger partial charge in [-0.25, -0.2) is 0 Å². The minimum atomic E-state index is -0.0832. The topological polar surface area (TPSA) is 66.6 Å². The van der Waals surface area contributed by atoms with Crippen LogP contribution in [0.5, 0.6) is 0 Å². The molecular weight excluding hydrogens is 326 g/mol. The molecule has 2 amide bonds. The first kappa shape index (κ1) is 18.1. The Morgan fingerprint density at radius 3 is 2.38 bits per heavy atom. The number of carbonyl (C=O) groups excluding carboxylic acids is 2. The highest BCUT2D eigenvalue weighted by atomic mass is 16.2. The van der Waals surface area contributed by atoms with E-state index in [1.807, 2.05) is 47.4 Å². The maximum atomic E-state index is 12.4. The molecule has 5 heteroatoms. The van der Waals surface area contributed by atoms with Gasteiger partial charge in [0.2, 0.25) is 5.91 Å². The highest BCUT2D eigenvalue weighted by Crippen LogP contribution is 2.22. The summed E-state index contributed by atoms with van der Waals surface area (Å²) in [6.07, 6.45) is 2.19. The Morgan fingerprint density at radius 1 is 1.04 bits per heavy atom. The minimum absolute atomic E-state index is 0.0166. The molecule has 0 unspecified atom stereocenters. The Morgan fingerprint density at radius 2 is 1.73 bits per heavy atom. The number of benzene rings is 2. The molecule has 5 nitrogen and oxygen atoms in total. The highest BCUT2D eigenvalue weighted by molar-refractivity contribution is 5.94. The summed E-state index contributed by atoms with van der Waals surface area (Å²) in [5.41, 5.74) is 9.31. The van der Waals surface area contributed by atoms with E-state index in [0.29, 0.717) is 6.54 Å². The van der Waals surface area contributed by atoms with Crippen molar-refractivity contribution in [1.82, 2.24) is 9.80 Å². The maximum Gasteiger partial charge on any atom is 0.253 e. The lowest BCUT2D eigenvalue weighted by Gasteiger charge is -2.17. The summed E-state index contributed by atoms with van der Waals surface area (Å²) in [6, 6.07) is 15.8. The lowest BCUT2D eigenvalue weighted by atomic mass is 10.0. The van der Waals surface area contributed by atoms with Gasteiger partial charge in [0.25, 0.3) is 5.91 Å². The molecule has 0 aromatic heterocycles. The lowest BCUT2D eigenvalue weighted by Crippen LogP contribution is -2.32. The van der Waals surface area contributed by atoms with Gasteiger partial charge in [-0.3, -0.25) is 9.59 Å². The van der Waals surface area contributed by atoms with Crippen molar-refractivity contribution in [1.29, 1.82) is 0 Å². The fourth-order valence-corrected chi connectivity index (χ4v) is 3.28. The van der Waals surface area contributed by atoms with E-state index in [-0.39, 0.29) is 18.4 Å². The van der Waals surface area contributed by atoms with E-state index in [2.05, 4.69) is 6.07 Å². The molecule has 0 spiro atoms. The van der Waals surface area contributed by atoms with Gasteiger partial charge in [-0.05, 0) is 47.7 Å². The SMILES string of the molecule is CN(Cc1cccc(-c2ccc(C(=O)N3CCCC3)cc2)c1)C(=O)CN. The van der Waals surface area contributed by atoms with Crippen LogP contribution in [0, 0.1) is 0 Å². The van der Waals surface area contributed by atoms with Crippen LogP contribution in [-0.4, -0.2) is 48.3 Å². The molecule has 0 radical (unpaired) electrons. The van der Waals surface area contributed by atoms with E-state index in [4.69, 9.17) is 5.73 Å². The number of nitrogens with two attached hydrogens (primary N) is 1. The fraction of sp³-hybridized carbons (Fsp3) is 0.333. The molecule has 26 heavy (non-hydrogen) atoms. The van der Waals surface area contributed by atoms with Crippen LogP contribution in [0.4, 0.5) is 0 Å². The van der Waals surface area contributed by atoms with Crippen molar-refractivity contribution in [2.45, 2.75) is 19.4 Å². The van der Waals surface area contributed by atoms with Gasteiger partial charge in [0.05, 0.1) is 6.54 Å². The third-order valence-corrected chi connectivity index (χ3v) is 4.81. The second-order valence-corrected chi connectivity index (χ2v) is 6.73. The summed E-state index contributed by atoms with van der Waals surface area (Å²) in [6.45, 7) is 2.26. The second-order valence-electron chi connectivity index (χ2n) is 6.73. The number of hydrogen-bond acceptors (Lipinski definition) is 3. The van der Waals surface area contributed by atoms with Crippen molar-refractivity contribution in [3.05, 3.63) is 59.7 Å². The van der Waals surface area contributed by atoms with Crippen LogP contribution in [0.2, 0.25) is 0 Å². The zero-order valence-corrected chi connectivity index (χ0v) is 15.1. The van der Waals surface area contributed by atoms with Gasteiger partial charge in [0, 0.05) is 32.2 Å². The number of hydrogen-bond donors (Lipinski definition) is 1. The van der Waals surface area contributed by atoms with Gasteiger partial charge in [-0.2, -0.15) is 0 Å². The molecule has 0 bridgehead atoms. The van der Waals surface area contributed by atoms with Crippen molar-refractivity contribution in [3.63, 3.8) is 0 Å². The Hall–Kier alpha value is -2.66. The van der Waals surface area contributed by atoms with Gasteiger partial charge in [-0.15, -0.1) is 0 Å². The van der Waals surface area contributed by atoms with Crippen LogP contribution in [0.25, 0.3) is 11.1 Å². The smallest absolute Gasteiger partial charge is 0.253 e. The van der Waals surface area contributed by atoms with Gasteiger partial charge in [-0.1, -0.05) is 30.3 Å². The molecule has 0 atom stereocenters. The molecule has 1 aliphatic rings. The molecule has 1 saturated heterocycles. The summed E-state index contributed by atoms with van der Waals surface area (Å²) < 4.78 is 0. The molecule has 2 aromatic rings.